The van der Waals surface area contributed by atoms with Crippen LogP contribution in [0.1, 0.15) is 6.92 Å². The maximum atomic E-state index is 12.2. The molecule has 0 spiro atoms. The summed E-state index contributed by atoms with van der Waals surface area (Å²) < 4.78 is 10.7. The molecule has 1 amide bonds. The van der Waals surface area contributed by atoms with Gasteiger partial charge in [0, 0.05) is 17.5 Å². The largest absolute Gasteiger partial charge is 0.481 e. The van der Waals surface area contributed by atoms with Gasteiger partial charge < -0.3 is 14.5 Å². The topological polar surface area (TPSA) is 68.5 Å². The molecule has 0 aliphatic rings. The van der Waals surface area contributed by atoms with E-state index in [1.54, 1.807) is 55.5 Å². The van der Waals surface area contributed by atoms with Crippen molar-refractivity contribution in [3.8, 4) is 5.75 Å². The second-order valence-electron chi connectivity index (χ2n) is 5.18. The van der Waals surface area contributed by atoms with Crippen LogP contribution in [0.4, 0.5) is 5.69 Å². The minimum absolute atomic E-state index is 0.335. The van der Waals surface area contributed by atoms with Crippen molar-refractivity contribution >= 4 is 34.2 Å². The van der Waals surface area contributed by atoms with Gasteiger partial charge in [0.1, 0.15) is 11.3 Å². The zero-order valence-corrected chi connectivity index (χ0v) is 13.5. The van der Waals surface area contributed by atoms with Crippen molar-refractivity contribution in [3.05, 3.63) is 70.0 Å². The summed E-state index contributed by atoms with van der Waals surface area (Å²) in [7, 11) is 0. The number of hydrogen-bond donors (Lipinski definition) is 1. The third-order valence-electron chi connectivity index (χ3n) is 3.41. The van der Waals surface area contributed by atoms with Gasteiger partial charge in [-0.3, -0.25) is 4.79 Å². The molecule has 0 saturated heterocycles. The number of amides is 1. The quantitative estimate of drug-likeness (QED) is 0.730. The number of carbonyl (C=O) groups excluding carboxylic acids is 1. The van der Waals surface area contributed by atoms with Crippen LogP contribution < -0.4 is 15.7 Å². The monoisotopic (exact) mass is 343 g/mol. The van der Waals surface area contributed by atoms with Gasteiger partial charge in [0.25, 0.3) is 5.91 Å². The van der Waals surface area contributed by atoms with Crippen LogP contribution >= 0.6 is 11.6 Å². The van der Waals surface area contributed by atoms with E-state index in [9.17, 15) is 9.59 Å². The SMILES string of the molecule is C[C@H](Oc1ccc2ccc(=O)oc2c1)C(=O)Nc1ccccc1Cl. The van der Waals surface area contributed by atoms with Crippen molar-refractivity contribution in [2.24, 2.45) is 0 Å². The Labute approximate surface area is 142 Å². The molecular weight excluding hydrogens is 330 g/mol. The summed E-state index contributed by atoms with van der Waals surface area (Å²) in [5.74, 6) is 0.0939. The first-order valence-corrected chi connectivity index (χ1v) is 7.67. The molecule has 1 atom stereocenters. The van der Waals surface area contributed by atoms with Gasteiger partial charge in [-0.15, -0.1) is 0 Å². The predicted octanol–water partition coefficient (Wildman–Crippen LogP) is 3.85. The molecular formula is C18H14ClNO4. The number of nitrogens with one attached hydrogen (secondary N) is 1. The molecule has 0 bridgehead atoms. The van der Waals surface area contributed by atoms with Crippen LogP contribution in [0.5, 0.6) is 5.75 Å². The Kier molecular flexibility index (Phi) is 4.53. The van der Waals surface area contributed by atoms with Crippen LogP contribution in [-0.2, 0) is 4.79 Å². The first kappa shape index (κ1) is 16.1. The second kappa shape index (κ2) is 6.76. The van der Waals surface area contributed by atoms with E-state index in [1.165, 1.54) is 6.07 Å². The fourth-order valence-electron chi connectivity index (χ4n) is 2.17. The molecule has 3 rings (SSSR count). The Morgan fingerprint density at radius 1 is 1.17 bits per heavy atom. The number of para-hydroxylation sites is 1. The Morgan fingerprint density at radius 2 is 1.92 bits per heavy atom. The van der Waals surface area contributed by atoms with Gasteiger partial charge in [0.05, 0.1) is 10.7 Å². The molecule has 0 fully saturated rings. The highest BCUT2D eigenvalue weighted by molar-refractivity contribution is 6.33. The van der Waals surface area contributed by atoms with E-state index in [0.29, 0.717) is 22.0 Å². The number of anilines is 1. The van der Waals surface area contributed by atoms with Gasteiger partial charge in [0.15, 0.2) is 6.10 Å². The smallest absolute Gasteiger partial charge is 0.336 e. The average molecular weight is 344 g/mol. The van der Waals surface area contributed by atoms with Gasteiger partial charge in [-0.05, 0) is 37.3 Å². The molecule has 0 unspecified atom stereocenters. The lowest BCUT2D eigenvalue weighted by Gasteiger charge is -2.15. The molecule has 0 saturated carbocycles. The fraction of sp³-hybridized carbons (Fsp3) is 0.111. The van der Waals surface area contributed by atoms with Gasteiger partial charge in [0.2, 0.25) is 0 Å². The van der Waals surface area contributed by atoms with Gasteiger partial charge >= 0.3 is 5.63 Å². The van der Waals surface area contributed by atoms with Gasteiger partial charge in [-0.1, -0.05) is 23.7 Å². The molecule has 3 aromatic rings. The predicted molar refractivity (Wildman–Crippen MR) is 92.7 cm³/mol. The van der Waals surface area contributed by atoms with Crippen LogP contribution in [0.2, 0.25) is 5.02 Å². The summed E-state index contributed by atoms with van der Waals surface area (Å²) in [6.07, 6.45) is -0.755. The van der Waals surface area contributed by atoms with Crippen LogP contribution in [0.3, 0.4) is 0 Å². The fourth-order valence-corrected chi connectivity index (χ4v) is 2.35. The van der Waals surface area contributed by atoms with Crippen LogP contribution in [-0.4, -0.2) is 12.0 Å². The maximum absolute atomic E-state index is 12.2. The first-order chi connectivity index (χ1) is 11.5. The number of ether oxygens (including phenoxy) is 1. The number of carbonyl (C=O) groups is 1. The number of benzene rings is 2. The van der Waals surface area contributed by atoms with Crippen molar-refractivity contribution in [2.75, 3.05) is 5.32 Å². The summed E-state index contributed by atoms with van der Waals surface area (Å²) in [6.45, 7) is 1.62. The van der Waals surface area contributed by atoms with E-state index in [0.717, 1.165) is 5.39 Å². The van der Waals surface area contributed by atoms with Crippen molar-refractivity contribution in [1.82, 2.24) is 0 Å². The van der Waals surface area contributed by atoms with Crippen molar-refractivity contribution in [2.45, 2.75) is 13.0 Å². The summed E-state index contributed by atoms with van der Waals surface area (Å²) >= 11 is 6.02. The number of hydrogen-bond acceptors (Lipinski definition) is 4. The van der Waals surface area contributed by atoms with E-state index >= 15 is 0 Å². The second-order valence-corrected chi connectivity index (χ2v) is 5.59. The number of fused-ring (bicyclic) bond motifs is 1. The zero-order chi connectivity index (χ0) is 17.1. The van der Waals surface area contributed by atoms with E-state index in [4.69, 9.17) is 20.8 Å². The highest BCUT2D eigenvalue weighted by Gasteiger charge is 2.16. The highest BCUT2D eigenvalue weighted by atomic mass is 35.5. The van der Waals surface area contributed by atoms with Crippen LogP contribution in [0.25, 0.3) is 11.0 Å². The number of rotatable bonds is 4. The van der Waals surface area contributed by atoms with Crippen molar-refractivity contribution < 1.29 is 13.9 Å². The Hall–Kier alpha value is -2.79. The van der Waals surface area contributed by atoms with Crippen LogP contribution in [0, 0.1) is 0 Å². The van der Waals surface area contributed by atoms with Crippen molar-refractivity contribution in [3.63, 3.8) is 0 Å². The van der Waals surface area contributed by atoms with Gasteiger partial charge in [-0.25, -0.2) is 4.79 Å². The zero-order valence-electron chi connectivity index (χ0n) is 12.8. The minimum atomic E-state index is -0.755. The summed E-state index contributed by atoms with van der Waals surface area (Å²) in [6, 6.07) is 15.0. The molecule has 0 radical (unpaired) electrons. The number of halogens is 1. The molecule has 0 aliphatic carbocycles. The standard InChI is InChI=1S/C18H14ClNO4/c1-11(18(22)20-15-5-3-2-4-14(15)19)23-13-8-6-12-7-9-17(21)24-16(12)10-13/h2-11H,1H3,(H,20,22)/t11-/m0/s1. The molecule has 6 heteroatoms. The van der Waals surface area contributed by atoms with Crippen molar-refractivity contribution in [1.29, 1.82) is 0 Å². The van der Waals surface area contributed by atoms with E-state index in [-0.39, 0.29) is 5.91 Å². The molecule has 2 aromatic carbocycles. The van der Waals surface area contributed by atoms with E-state index in [2.05, 4.69) is 5.32 Å². The Balaban J connectivity index is 1.74. The lowest BCUT2D eigenvalue weighted by atomic mass is 10.2. The normalized spacial score (nSPS) is 11.9. The molecule has 1 N–H and O–H groups in total. The third-order valence-corrected chi connectivity index (χ3v) is 3.74. The average Bonchev–Trinajstić information content (AvgIpc) is 2.56. The molecule has 24 heavy (non-hydrogen) atoms. The maximum Gasteiger partial charge on any atom is 0.336 e. The highest BCUT2D eigenvalue weighted by Crippen LogP contribution is 2.22. The van der Waals surface area contributed by atoms with E-state index in [1.807, 2.05) is 0 Å². The van der Waals surface area contributed by atoms with E-state index < -0.39 is 11.7 Å². The Bertz CT molecular complexity index is 951. The lowest BCUT2D eigenvalue weighted by molar-refractivity contribution is -0.122. The minimum Gasteiger partial charge on any atom is -0.481 e. The molecule has 5 nitrogen and oxygen atoms in total. The summed E-state index contributed by atoms with van der Waals surface area (Å²) in [4.78, 5) is 23.5. The first-order valence-electron chi connectivity index (χ1n) is 7.29. The lowest BCUT2D eigenvalue weighted by Crippen LogP contribution is -2.30. The molecule has 1 aromatic heterocycles. The molecule has 122 valence electrons. The summed E-state index contributed by atoms with van der Waals surface area (Å²) in [5, 5.41) is 3.93. The Morgan fingerprint density at radius 3 is 2.71 bits per heavy atom. The van der Waals surface area contributed by atoms with Crippen LogP contribution in [0.15, 0.2) is 63.8 Å². The third kappa shape index (κ3) is 3.58. The summed E-state index contributed by atoms with van der Waals surface area (Å²) in [5.41, 5.74) is 0.479. The molecule has 0 aliphatic heterocycles. The molecule has 1 heterocycles. The van der Waals surface area contributed by atoms with Gasteiger partial charge in [-0.2, -0.15) is 0 Å².